The van der Waals surface area contributed by atoms with E-state index in [1.54, 1.807) is 12.1 Å². The number of hydrogen-bond donors (Lipinski definition) is 4. The van der Waals surface area contributed by atoms with Crippen LogP contribution >= 0.6 is 0 Å². The van der Waals surface area contributed by atoms with E-state index in [-0.39, 0.29) is 17.2 Å². The summed E-state index contributed by atoms with van der Waals surface area (Å²) in [5.74, 6) is -1.29. The number of nitrogens with two attached hydrogens (primary N) is 1. The molecule has 9 heteroatoms. The largest absolute Gasteiger partial charge is 0.547 e. The van der Waals surface area contributed by atoms with Crippen LogP contribution in [0.3, 0.4) is 0 Å². The highest BCUT2D eigenvalue weighted by atomic mass is 16.5. The number of nitrogens with one attached hydrogen (secondary N) is 1. The van der Waals surface area contributed by atoms with Crippen LogP contribution < -0.4 is 15.7 Å². The first-order chi connectivity index (χ1) is 13.5. The van der Waals surface area contributed by atoms with Crippen LogP contribution in [0.15, 0.2) is 18.2 Å². The number of carboxylic acid groups (broad SMARTS) is 1. The number of likely N-dealkylation sites (tertiary alicyclic amines) is 1. The Morgan fingerprint density at radius 2 is 2.07 bits per heavy atom. The molecule has 5 N–H and O–H groups in total. The monoisotopic (exact) mass is 389 g/mol. The average molecular weight is 389 g/mol. The zero-order valence-corrected chi connectivity index (χ0v) is 16.0. The molecule has 1 saturated heterocycles. The van der Waals surface area contributed by atoms with Gasteiger partial charge in [-0.15, -0.1) is 0 Å². The van der Waals surface area contributed by atoms with Gasteiger partial charge >= 0.3 is 13.1 Å². The lowest BCUT2D eigenvalue weighted by atomic mass is 9.72. The highest BCUT2D eigenvalue weighted by Gasteiger charge is 2.38. The first-order valence-corrected chi connectivity index (χ1v) is 9.89. The lowest BCUT2D eigenvalue weighted by molar-refractivity contribution is -0.122. The summed E-state index contributed by atoms with van der Waals surface area (Å²) in [6.45, 7) is 3.68. The minimum Gasteiger partial charge on any atom is -0.534 e. The molecule has 0 spiro atoms. The number of carboxylic acids is 1. The van der Waals surface area contributed by atoms with Crippen LogP contribution in [-0.2, 0) is 11.2 Å². The maximum atomic E-state index is 12.5. The Hall–Kier alpha value is -2.10. The Kier molecular flexibility index (Phi) is 6.93. The van der Waals surface area contributed by atoms with E-state index in [0.29, 0.717) is 30.9 Å². The molecule has 0 aromatic heterocycles. The number of para-hydroxylation sites is 1. The number of nitrogens with zero attached hydrogens (tertiary/aromatic N) is 1. The van der Waals surface area contributed by atoms with Crippen molar-refractivity contribution in [3.8, 4) is 5.75 Å². The van der Waals surface area contributed by atoms with Crippen LogP contribution in [-0.4, -0.2) is 66.1 Å². The number of aromatic carboxylic acids is 1. The van der Waals surface area contributed by atoms with Crippen molar-refractivity contribution >= 4 is 19.0 Å². The zero-order chi connectivity index (χ0) is 20.1. The van der Waals surface area contributed by atoms with Gasteiger partial charge in [0.15, 0.2) is 0 Å². The zero-order valence-electron chi connectivity index (χ0n) is 16.0. The summed E-state index contributed by atoms with van der Waals surface area (Å²) in [6.07, 6.45) is 3.71. The number of carbonyl (C=O) groups excluding carboxylic acids is 1. The topological polar surface area (TPSA) is 125 Å². The minimum absolute atomic E-state index is 0.0164. The Balaban J connectivity index is 1.51. The molecule has 2 aliphatic heterocycles. The third-order valence-electron chi connectivity index (χ3n) is 5.56. The molecule has 152 valence electrons. The molecule has 28 heavy (non-hydrogen) atoms. The summed E-state index contributed by atoms with van der Waals surface area (Å²) in [6, 6.07) is 4.83. The second-order valence-corrected chi connectivity index (χ2v) is 7.62. The lowest BCUT2D eigenvalue weighted by Gasteiger charge is -2.32. The fourth-order valence-electron chi connectivity index (χ4n) is 3.97. The Labute approximate surface area is 165 Å². The molecule has 0 radical (unpaired) electrons. The van der Waals surface area contributed by atoms with Gasteiger partial charge in [0.05, 0.1) is 11.5 Å². The van der Waals surface area contributed by atoms with E-state index in [2.05, 4.69) is 10.2 Å². The van der Waals surface area contributed by atoms with E-state index in [9.17, 15) is 19.7 Å². The van der Waals surface area contributed by atoms with Gasteiger partial charge in [0.1, 0.15) is 5.75 Å². The summed E-state index contributed by atoms with van der Waals surface area (Å²) in [4.78, 5) is 26.2. The first-order valence-electron chi connectivity index (χ1n) is 9.89. The number of hydrogen-bond acceptors (Lipinski definition) is 6. The molecule has 0 unspecified atom stereocenters. The summed E-state index contributed by atoms with van der Waals surface area (Å²) in [7, 11) is -1.27. The van der Waals surface area contributed by atoms with E-state index in [0.717, 1.165) is 38.9 Å². The van der Waals surface area contributed by atoms with Crippen molar-refractivity contribution in [1.29, 1.82) is 0 Å². The highest BCUT2D eigenvalue weighted by molar-refractivity contribution is 6.47. The fourth-order valence-corrected chi connectivity index (χ4v) is 3.97. The van der Waals surface area contributed by atoms with E-state index >= 15 is 0 Å². The number of carbonyl (C=O) groups is 2. The predicted octanol–water partition coefficient (Wildman–Crippen LogP) is 0.275. The average Bonchev–Trinajstić information content (AvgIpc) is 2.67. The molecular formula is C19H28BN3O5. The standard InChI is InChI=1S/C19H28BN3O5/c21-7-2-8-23-9-5-13(6-10-23)11-17(24)22-16-12-14-3-1-4-15(19(25)26)18(14)28-20(16)27/h1,3-4,13,16,27H,2,5-12,21H2,(H,22,24)(H,25,26)/t16-/m0/s1. The van der Waals surface area contributed by atoms with Crippen molar-refractivity contribution in [2.75, 3.05) is 26.2 Å². The Morgan fingerprint density at radius 3 is 2.75 bits per heavy atom. The Bertz CT molecular complexity index is 709. The number of benzene rings is 1. The molecule has 2 aliphatic rings. The highest BCUT2D eigenvalue weighted by Crippen LogP contribution is 2.30. The van der Waals surface area contributed by atoms with Gasteiger partial charge in [-0.2, -0.15) is 0 Å². The van der Waals surface area contributed by atoms with Crippen LogP contribution in [0.1, 0.15) is 41.6 Å². The second-order valence-electron chi connectivity index (χ2n) is 7.62. The first kappa shape index (κ1) is 20.6. The smallest absolute Gasteiger partial charge is 0.534 e. The van der Waals surface area contributed by atoms with Crippen LogP contribution in [0.2, 0.25) is 0 Å². The molecule has 0 aliphatic carbocycles. The van der Waals surface area contributed by atoms with Crippen molar-refractivity contribution in [2.24, 2.45) is 11.7 Å². The summed E-state index contributed by atoms with van der Waals surface area (Å²) in [5.41, 5.74) is 6.24. The summed E-state index contributed by atoms with van der Waals surface area (Å²) < 4.78 is 5.42. The van der Waals surface area contributed by atoms with Crippen molar-refractivity contribution < 1.29 is 24.4 Å². The normalized spacial score (nSPS) is 20.4. The third-order valence-corrected chi connectivity index (χ3v) is 5.56. The number of piperidine rings is 1. The number of amides is 1. The molecular weight excluding hydrogens is 361 g/mol. The lowest BCUT2D eigenvalue weighted by Crippen LogP contribution is -2.53. The van der Waals surface area contributed by atoms with E-state index in [1.807, 2.05) is 0 Å². The Morgan fingerprint density at radius 1 is 1.32 bits per heavy atom. The van der Waals surface area contributed by atoms with E-state index < -0.39 is 19.0 Å². The van der Waals surface area contributed by atoms with Gasteiger partial charge in [-0.3, -0.25) is 4.79 Å². The molecule has 1 atom stereocenters. The minimum atomic E-state index is -1.27. The maximum Gasteiger partial charge on any atom is 0.547 e. The molecule has 8 nitrogen and oxygen atoms in total. The molecule has 1 aromatic rings. The molecule has 3 rings (SSSR count). The van der Waals surface area contributed by atoms with Crippen molar-refractivity contribution in [3.05, 3.63) is 29.3 Å². The van der Waals surface area contributed by atoms with Crippen LogP contribution in [0.25, 0.3) is 0 Å². The number of fused-ring (bicyclic) bond motifs is 1. The van der Waals surface area contributed by atoms with Gasteiger partial charge in [-0.25, -0.2) is 4.79 Å². The molecule has 0 saturated carbocycles. The van der Waals surface area contributed by atoms with Gasteiger partial charge in [0.25, 0.3) is 0 Å². The van der Waals surface area contributed by atoms with Gasteiger partial charge in [0.2, 0.25) is 5.91 Å². The van der Waals surface area contributed by atoms with Gasteiger partial charge in [-0.1, -0.05) is 12.1 Å². The number of rotatable bonds is 7. The second kappa shape index (κ2) is 9.40. The van der Waals surface area contributed by atoms with E-state index in [4.69, 9.17) is 10.4 Å². The molecule has 0 bridgehead atoms. The molecule has 1 aromatic carbocycles. The van der Waals surface area contributed by atoms with Gasteiger partial charge in [-0.05, 0) is 69.4 Å². The third kappa shape index (κ3) is 5.04. The molecule has 1 amide bonds. The molecule has 1 fully saturated rings. The van der Waals surface area contributed by atoms with Crippen LogP contribution in [0.4, 0.5) is 0 Å². The maximum absolute atomic E-state index is 12.5. The van der Waals surface area contributed by atoms with Crippen LogP contribution in [0, 0.1) is 5.92 Å². The summed E-state index contributed by atoms with van der Waals surface area (Å²) >= 11 is 0. The summed E-state index contributed by atoms with van der Waals surface area (Å²) in [5, 5.41) is 22.4. The quantitative estimate of drug-likeness (QED) is 0.494. The van der Waals surface area contributed by atoms with Gasteiger partial charge in [0, 0.05) is 6.42 Å². The molecule has 2 heterocycles. The van der Waals surface area contributed by atoms with Gasteiger partial charge < -0.3 is 30.7 Å². The van der Waals surface area contributed by atoms with Crippen LogP contribution in [0.5, 0.6) is 5.75 Å². The fraction of sp³-hybridized carbons (Fsp3) is 0.579. The SMILES string of the molecule is NCCCN1CCC(CC(=O)N[C@H]2Cc3cccc(C(=O)O)c3OB2O)CC1. The van der Waals surface area contributed by atoms with E-state index in [1.165, 1.54) is 6.07 Å². The van der Waals surface area contributed by atoms with Crippen molar-refractivity contribution in [1.82, 2.24) is 10.2 Å². The van der Waals surface area contributed by atoms with Crippen molar-refractivity contribution in [2.45, 2.75) is 38.0 Å². The van der Waals surface area contributed by atoms with Crippen molar-refractivity contribution in [3.63, 3.8) is 0 Å². The predicted molar refractivity (Wildman–Crippen MR) is 105 cm³/mol.